The molecule has 2 aromatic carbocycles. The molecule has 0 bridgehead atoms. The second kappa shape index (κ2) is 7.44. The van der Waals surface area contributed by atoms with Gasteiger partial charge in [-0.3, -0.25) is 9.88 Å². The molecule has 0 amide bonds. The molecule has 2 saturated heterocycles. The number of aromatic nitrogens is 1. The Morgan fingerprint density at radius 3 is 2.82 bits per heavy atom. The third kappa shape index (κ3) is 3.35. The van der Waals surface area contributed by atoms with Crippen molar-refractivity contribution in [1.82, 2.24) is 9.88 Å². The predicted molar refractivity (Wildman–Crippen MR) is 130 cm³/mol. The van der Waals surface area contributed by atoms with Gasteiger partial charge in [-0.25, -0.2) is 0 Å². The zero-order valence-corrected chi connectivity index (χ0v) is 19.2. The smallest absolute Gasteiger partial charge is 0.101 e. The minimum atomic E-state index is -0.593. The van der Waals surface area contributed by atoms with E-state index in [9.17, 15) is 10.4 Å². The number of aliphatic hydroxyl groups is 1. The van der Waals surface area contributed by atoms with Gasteiger partial charge in [0.1, 0.15) is 6.07 Å². The van der Waals surface area contributed by atoms with Crippen LogP contribution in [0.25, 0.3) is 10.9 Å². The highest BCUT2D eigenvalue weighted by molar-refractivity contribution is 5.95. The van der Waals surface area contributed by atoms with Crippen molar-refractivity contribution in [2.45, 2.75) is 44.5 Å². The molecule has 2 unspecified atom stereocenters. The van der Waals surface area contributed by atoms with Gasteiger partial charge in [-0.05, 0) is 67.8 Å². The first-order valence-electron chi connectivity index (χ1n) is 11.8. The van der Waals surface area contributed by atoms with Gasteiger partial charge < -0.3 is 14.9 Å². The molecule has 4 heterocycles. The summed E-state index contributed by atoms with van der Waals surface area (Å²) in [6.45, 7) is 8.69. The molecule has 168 valence electrons. The summed E-state index contributed by atoms with van der Waals surface area (Å²) >= 11 is 0. The van der Waals surface area contributed by atoms with Crippen LogP contribution in [0.1, 0.15) is 43.0 Å². The van der Waals surface area contributed by atoms with Crippen molar-refractivity contribution in [3.05, 3.63) is 65.4 Å². The highest BCUT2D eigenvalue weighted by Gasteiger charge is 2.40. The van der Waals surface area contributed by atoms with Gasteiger partial charge in [0, 0.05) is 61.7 Å². The monoisotopic (exact) mass is 439 g/mol. The molecule has 0 spiro atoms. The first-order chi connectivity index (χ1) is 15.9. The van der Waals surface area contributed by atoms with E-state index in [0.717, 1.165) is 49.2 Å². The van der Waals surface area contributed by atoms with Gasteiger partial charge >= 0.3 is 0 Å². The number of nitriles is 1. The van der Waals surface area contributed by atoms with Gasteiger partial charge in [0.05, 0.1) is 22.7 Å². The Morgan fingerprint density at radius 1 is 1.15 bits per heavy atom. The van der Waals surface area contributed by atoms with Gasteiger partial charge in [-0.15, -0.1) is 0 Å². The molecule has 6 rings (SSSR count). The third-order valence-electron chi connectivity index (χ3n) is 7.71. The van der Waals surface area contributed by atoms with E-state index < -0.39 is 5.60 Å². The zero-order valence-electron chi connectivity index (χ0n) is 19.2. The van der Waals surface area contributed by atoms with E-state index in [1.54, 1.807) is 6.20 Å². The van der Waals surface area contributed by atoms with Crippen molar-refractivity contribution in [3.8, 4) is 6.07 Å². The number of piperazine rings is 1. The van der Waals surface area contributed by atoms with E-state index in [0.29, 0.717) is 24.2 Å². The summed E-state index contributed by atoms with van der Waals surface area (Å²) < 4.78 is 0. The van der Waals surface area contributed by atoms with Gasteiger partial charge in [-0.1, -0.05) is 6.07 Å². The lowest BCUT2D eigenvalue weighted by Gasteiger charge is -2.43. The summed E-state index contributed by atoms with van der Waals surface area (Å²) in [6, 6.07) is 17.9. The molecule has 3 aliphatic heterocycles. The Morgan fingerprint density at radius 2 is 2.03 bits per heavy atom. The van der Waals surface area contributed by atoms with Crippen LogP contribution in [0.3, 0.4) is 0 Å². The lowest BCUT2D eigenvalue weighted by atomic mass is 9.99. The average Bonchev–Trinajstić information content (AvgIpc) is 3.37. The van der Waals surface area contributed by atoms with Crippen molar-refractivity contribution in [2.24, 2.45) is 0 Å². The molecule has 3 aliphatic rings. The summed E-state index contributed by atoms with van der Waals surface area (Å²) in [5.74, 6) is 0. The lowest BCUT2D eigenvalue weighted by molar-refractivity contribution is 0.0839. The molecule has 3 atom stereocenters. The van der Waals surface area contributed by atoms with Crippen LogP contribution in [-0.4, -0.2) is 52.8 Å². The maximum Gasteiger partial charge on any atom is 0.101 e. The standard InChI is InChI=1S/C27H29N5O/c1-18-14-31(24-8-5-19(13-28)26-23(24)4-3-10-29-26)16-25-22-7-6-21(12-20(22)15-32(18)25)30-11-9-27(2,33)17-30/h3-8,10,12,18,25,33H,9,11,14-17H2,1-2H3/t18?,25?,27-/m1/s1. The van der Waals surface area contributed by atoms with Gasteiger partial charge in [0.2, 0.25) is 0 Å². The maximum absolute atomic E-state index is 10.4. The molecule has 6 heteroatoms. The van der Waals surface area contributed by atoms with Crippen LogP contribution in [0, 0.1) is 11.3 Å². The fourth-order valence-electron chi connectivity index (χ4n) is 6.00. The van der Waals surface area contributed by atoms with Crippen LogP contribution >= 0.6 is 0 Å². The molecule has 0 aliphatic carbocycles. The van der Waals surface area contributed by atoms with E-state index in [1.807, 2.05) is 19.1 Å². The Labute approximate surface area is 194 Å². The molecular formula is C27H29N5O. The number of benzene rings is 2. The number of fused-ring (bicyclic) bond motifs is 4. The van der Waals surface area contributed by atoms with Gasteiger partial charge in [0.15, 0.2) is 0 Å². The zero-order chi connectivity index (χ0) is 22.7. The SMILES string of the molecule is CC1CN(c2ccc(C#N)c3ncccc23)CC2c3ccc(N4CC[C@@](C)(O)C4)cc3CN12. The Kier molecular flexibility index (Phi) is 4.62. The normalized spacial score (nSPS) is 27.0. The quantitative estimate of drug-likeness (QED) is 0.655. The first-order valence-corrected chi connectivity index (χ1v) is 11.8. The van der Waals surface area contributed by atoms with Crippen molar-refractivity contribution < 1.29 is 5.11 Å². The summed E-state index contributed by atoms with van der Waals surface area (Å²) in [5, 5.41) is 21.0. The Balaban J connectivity index is 1.32. The molecule has 3 aromatic rings. The average molecular weight is 440 g/mol. The molecule has 0 saturated carbocycles. The minimum Gasteiger partial charge on any atom is -0.388 e. The summed E-state index contributed by atoms with van der Waals surface area (Å²) in [5.41, 5.74) is 6.02. The van der Waals surface area contributed by atoms with Crippen molar-refractivity contribution in [1.29, 1.82) is 5.26 Å². The largest absolute Gasteiger partial charge is 0.388 e. The van der Waals surface area contributed by atoms with Crippen molar-refractivity contribution >= 4 is 22.3 Å². The minimum absolute atomic E-state index is 0.349. The molecule has 1 N–H and O–H groups in total. The fraction of sp³-hybridized carbons (Fsp3) is 0.407. The highest BCUT2D eigenvalue weighted by Crippen LogP contribution is 2.42. The van der Waals surface area contributed by atoms with E-state index in [2.05, 4.69) is 63.0 Å². The molecule has 33 heavy (non-hydrogen) atoms. The van der Waals surface area contributed by atoms with Crippen LogP contribution in [0.4, 0.5) is 11.4 Å². The van der Waals surface area contributed by atoms with Crippen molar-refractivity contribution in [2.75, 3.05) is 36.0 Å². The highest BCUT2D eigenvalue weighted by atomic mass is 16.3. The molecule has 2 fully saturated rings. The number of β-amino-alcohol motifs (C(OH)–C–C–N with tert-alkyl or cyclic N) is 1. The van der Waals surface area contributed by atoms with Gasteiger partial charge in [0.25, 0.3) is 0 Å². The Hall–Kier alpha value is -3.14. The van der Waals surface area contributed by atoms with Crippen LogP contribution in [-0.2, 0) is 6.54 Å². The first kappa shape index (κ1) is 20.5. The predicted octanol–water partition coefficient (Wildman–Crippen LogP) is 3.83. The summed E-state index contributed by atoms with van der Waals surface area (Å²) in [6.07, 6.45) is 2.58. The summed E-state index contributed by atoms with van der Waals surface area (Å²) in [7, 11) is 0. The number of anilines is 2. The lowest BCUT2D eigenvalue weighted by Crippen LogP contribution is -2.51. The summed E-state index contributed by atoms with van der Waals surface area (Å²) in [4.78, 5) is 11.9. The number of hydrogen-bond acceptors (Lipinski definition) is 6. The third-order valence-corrected chi connectivity index (χ3v) is 7.71. The van der Waals surface area contributed by atoms with E-state index >= 15 is 0 Å². The number of rotatable bonds is 2. The number of nitrogens with zero attached hydrogens (tertiary/aromatic N) is 5. The fourth-order valence-corrected chi connectivity index (χ4v) is 6.00. The van der Waals surface area contributed by atoms with Crippen molar-refractivity contribution in [3.63, 3.8) is 0 Å². The molecule has 6 nitrogen and oxygen atoms in total. The van der Waals surface area contributed by atoms with Crippen LogP contribution in [0.5, 0.6) is 0 Å². The second-order valence-electron chi connectivity index (χ2n) is 10.1. The number of pyridine rings is 1. The maximum atomic E-state index is 10.4. The van der Waals surface area contributed by atoms with E-state index in [1.165, 1.54) is 16.8 Å². The molecule has 0 radical (unpaired) electrons. The van der Waals surface area contributed by atoms with Gasteiger partial charge in [-0.2, -0.15) is 5.26 Å². The molecule has 1 aromatic heterocycles. The van der Waals surface area contributed by atoms with Crippen LogP contribution in [0.2, 0.25) is 0 Å². The second-order valence-corrected chi connectivity index (χ2v) is 10.1. The van der Waals surface area contributed by atoms with E-state index in [-0.39, 0.29) is 0 Å². The molecular weight excluding hydrogens is 410 g/mol. The number of hydrogen-bond donors (Lipinski definition) is 1. The van der Waals surface area contributed by atoms with E-state index in [4.69, 9.17) is 0 Å². The van der Waals surface area contributed by atoms with Crippen LogP contribution < -0.4 is 9.80 Å². The Bertz CT molecular complexity index is 1280. The topological polar surface area (TPSA) is 66.6 Å². The van der Waals surface area contributed by atoms with Crippen LogP contribution in [0.15, 0.2) is 48.7 Å².